The standard InChI is InChI=1S/C27H28FNO3/c28-25-17-21(8-9-22(25)11-13-27(30)31)19-32-24-12-10-23-7-4-15-29(26(23)18-24)16-14-20-5-2-1-3-6-20/h1-3,5-6,8-10,12,17-18H,4,7,11,13-16,19H2,(H,30,31). The van der Waals surface area contributed by atoms with Gasteiger partial charge >= 0.3 is 5.97 Å². The third-order valence-corrected chi connectivity index (χ3v) is 5.92. The fourth-order valence-corrected chi connectivity index (χ4v) is 4.15. The van der Waals surface area contributed by atoms with Crippen LogP contribution in [0.15, 0.2) is 66.7 Å². The van der Waals surface area contributed by atoms with E-state index in [1.807, 2.05) is 12.1 Å². The second kappa shape index (κ2) is 10.3. The number of halogens is 1. The first-order chi connectivity index (χ1) is 15.6. The van der Waals surface area contributed by atoms with E-state index in [9.17, 15) is 9.18 Å². The van der Waals surface area contributed by atoms with Crippen molar-refractivity contribution in [2.75, 3.05) is 18.0 Å². The molecule has 1 N–H and O–H groups in total. The van der Waals surface area contributed by atoms with Gasteiger partial charge in [-0.3, -0.25) is 4.79 Å². The van der Waals surface area contributed by atoms with Crippen molar-refractivity contribution in [3.63, 3.8) is 0 Å². The molecule has 3 aromatic carbocycles. The van der Waals surface area contributed by atoms with Crippen LogP contribution in [0.3, 0.4) is 0 Å². The zero-order valence-electron chi connectivity index (χ0n) is 18.1. The molecule has 0 radical (unpaired) electrons. The zero-order chi connectivity index (χ0) is 22.3. The third-order valence-electron chi connectivity index (χ3n) is 5.92. The van der Waals surface area contributed by atoms with Gasteiger partial charge in [-0.1, -0.05) is 48.5 Å². The van der Waals surface area contributed by atoms with Gasteiger partial charge in [0.05, 0.1) is 0 Å². The average molecular weight is 434 g/mol. The molecule has 1 aliphatic heterocycles. The summed E-state index contributed by atoms with van der Waals surface area (Å²) in [5.74, 6) is -0.544. The Kier molecular flexibility index (Phi) is 7.05. The molecule has 0 saturated carbocycles. The number of aryl methyl sites for hydroxylation is 2. The molecule has 0 aromatic heterocycles. The van der Waals surface area contributed by atoms with Gasteiger partial charge in [0.2, 0.25) is 0 Å². The van der Waals surface area contributed by atoms with Crippen LogP contribution in [0.1, 0.15) is 35.1 Å². The lowest BCUT2D eigenvalue weighted by Crippen LogP contribution is -2.31. The molecule has 5 heteroatoms. The van der Waals surface area contributed by atoms with Crippen LogP contribution in [0.25, 0.3) is 0 Å². The number of nitrogens with zero attached hydrogens (tertiary/aromatic N) is 1. The summed E-state index contributed by atoms with van der Waals surface area (Å²) in [5, 5.41) is 8.78. The molecular formula is C27H28FNO3. The topological polar surface area (TPSA) is 49.8 Å². The zero-order valence-corrected chi connectivity index (χ0v) is 18.1. The van der Waals surface area contributed by atoms with Crippen LogP contribution >= 0.6 is 0 Å². The minimum Gasteiger partial charge on any atom is -0.489 e. The summed E-state index contributed by atoms with van der Waals surface area (Å²) in [4.78, 5) is 13.1. The van der Waals surface area contributed by atoms with Gasteiger partial charge in [-0.05, 0) is 60.1 Å². The van der Waals surface area contributed by atoms with E-state index in [0.717, 1.165) is 43.7 Å². The maximum atomic E-state index is 14.3. The molecule has 32 heavy (non-hydrogen) atoms. The molecule has 0 unspecified atom stereocenters. The van der Waals surface area contributed by atoms with Gasteiger partial charge in [-0.15, -0.1) is 0 Å². The molecule has 0 saturated heterocycles. The predicted octanol–water partition coefficient (Wildman–Crippen LogP) is 5.42. The minimum absolute atomic E-state index is 0.0807. The molecule has 1 heterocycles. The Morgan fingerprint density at radius 1 is 1.00 bits per heavy atom. The molecule has 0 amide bonds. The molecule has 0 fully saturated rings. The quantitative estimate of drug-likeness (QED) is 0.490. The van der Waals surface area contributed by atoms with Crippen LogP contribution in [0, 0.1) is 5.82 Å². The first-order valence-electron chi connectivity index (χ1n) is 11.1. The summed E-state index contributed by atoms with van der Waals surface area (Å²) in [6.45, 7) is 2.26. The van der Waals surface area contributed by atoms with Crippen molar-refractivity contribution in [3.05, 3.63) is 94.8 Å². The molecule has 4 rings (SSSR count). The summed E-state index contributed by atoms with van der Waals surface area (Å²) in [5.41, 5.74) is 5.03. The fraction of sp³-hybridized carbons (Fsp3) is 0.296. The second-order valence-corrected chi connectivity index (χ2v) is 8.22. The van der Waals surface area contributed by atoms with Crippen LogP contribution in [0.2, 0.25) is 0 Å². The number of carbonyl (C=O) groups is 1. The van der Waals surface area contributed by atoms with Crippen molar-refractivity contribution in [1.82, 2.24) is 0 Å². The molecule has 0 bridgehead atoms. The maximum Gasteiger partial charge on any atom is 0.303 e. The number of ether oxygens (including phenoxy) is 1. The van der Waals surface area contributed by atoms with Gasteiger partial charge in [-0.2, -0.15) is 0 Å². The Morgan fingerprint density at radius 3 is 2.62 bits per heavy atom. The van der Waals surface area contributed by atoms with E-state index in [-0.39, 0.29) is 25.3 Å². The lowest BCUT2D eigenvalue weighted by atomic mass is 10.0. The van der Waals surface area contributed by atoms with E-state index < -0.39 is 5.97 Å². The Bertz CT molecular complexity index is 1070. The van der Waals surface area contributed by atoms with Crippen molar-refractivity contribution in [3.8, 4) is 5.75 Å². The SMILES string of the molecule is O=C(O)CCc1ccc(COc2ccc3c(c2)N(CCc2ccccc2)CCC3)cc1F. The van der Waals surface area contributed by atoms with Crippen molar-refractivity contribution < 1.29 is 19.0 Å². The highest BCUT2D eigenvalue weighted by Gasteiger charge is 2.17. The van der Waals surface area contributed by atoms with Crippen LogP contribution in [0.5, 0.6) is 5.75 Å². The highest BCUT2D eigenvalue weighted by Crippen LogP contribution is 2.31. The molecule has 0 aliphatic carbocycles. The maximum absolute atomic E-state index is 14.3. The highest BCUT2D eigenvalue weighted by atomic mass is 19.1. The lowest BCUT2D eigenvalue weighted by Gasteiger charge is -2.31. The van der Waals surface area contributed by atoms with Crippen LogP contribution in [-0.4, -0.2) is 24.2 Å². The molecule has 4 nitrogen and oxygen atoms in total. The fourth-order valence-electron chi connectivity index (χ4n) is 4.15. The molecule has 0 atom stereocenters. The van der Waals surface area contributed by atoms with Crippen LogP contribution in [-0.2, 0) is 30.7 Å². The van der Waals surface area contributed by atoms with E-state index in [2.05, 4.69) is 41.3 Å². The van der Waals surface area contributed by atoms with E-state index in [1.54, 1.807) is 12.1 Å². The molecule has 166 valence electrons. The number of rotatable bonds is 9. The number of benzene rings is 3. The lowest BCUT2D eigenvalue weighted by molar-refractivity contribution is -0.136. The number of carboxylic acids is 1. The number of hydrogen-bond donors (Lipinski definition) is 1. The monoisotopic (exact) mass is 433 g/mol. The third kappa shape index (κ3) is 5.67. The number of hydrogen-bond acceptors (Lipinski definition) is 3. The van der Waals surface area contributed by atoms with Gasteiger partial charge < -0.3 is 14.7 Å². The molecular weight excluding hydrogens is 405 g/mol. The van der Waals surface area contributed by atoms with E-state index in [0.29, 0.717) is 5.56 Å². The van der Waals surface area contributed by atoms with E-state index in [1.165, 1.54) is 22.9 Å². The average Bonchev–Trinajstić information content (AvgIpc) is 2.81. The Hall–Kier alpha value is -3.34. The Balaban J connectivity index is 1.40. The Morgan fingerprint density at radius 2 is 1.84 bits per heavy atom. The number of anilines is 1. The van der Waals surface area contributed by atoms with Gasteiger partial charge in [0.1, 0.15) is 18.2 Å². The van der Waals surface area contributed by atoms with Gasteiger partial charge in [0.15, 0.2) is 0 Å². The van der Waals surface area contributed by atoms with Crippen molar-refractivity contribution in [1.29, 1.82) is 0 Å². The molecule has 1 aliphatic rings. The largest absolute Gasteiger partial charge is 0.489 e. The second-order valence-electron chi connectivity index (χ2n) is 8.22. The van der Waals surface area contributed by atoms with Crippen molar-refractivity contribution in [2.24, 2.45) is 0 Å². The minimum atomic E-state index is -0.929. The summed E-state index contributed by atoms with van der Waals surface area (Å²) < 4.78 is 20.2. The van der Waals surface area contributed by atoms with Crippen LogP contribution in [0.4, 0.5) is 10.1 Å². The predicted molar refractivity (Wildman–Crippen MR) is 124 cm³/mol. The number of carboxylic acid groups (broad SMARTS) is 1. The summed E-state index contributed by atoms with van der Waals surface area (Å²) in [6, 6.07) is 21.6. The highest BCUT2D eigenvalue weighted by molar-refractivity contribution is 5.67. The van der Waals surface area contributed by atoms with E-state index >= 15 is 0 Å². The molecule has 3 aromatic rings. The summed E-state index contributed by atoms with van der Waals surface area (Å²) >= 11 is 0. The van der Waals surface area contributed by atoms with Crippen LogP contribution < -0.4 is 9.64 Å². The summed E-state index contributed by atoms with van der Waals surface area (Å²) in [6.07, 6.45) is 3.32. The van der Waals surface area contributed by atoms with Crippen molar-refractivity contribution in [2.45, 2.75) is 38.7 Å². The first-order valence-corrected chi connectivity index (χ1v) is 11.1. The molecule has 0 spiro atoms. The van der Waals surface area contributed by atoms with Gasteiger partial charge in [-0.25, -0.2) is 4.39 Å². The van der Waals surface area contributed by atoms with Gasteiger partial charge in [0.25, 0.3) is 0 Å². The van der Waals surface area contributed by atoms with Crippen molar-refractivity contribution >= 4 is 11.7 Å². The van der Waals surface area contributed by atoms with Gasteiger partial charge in [0, 0.05) is 31.3 Å². The van der Waals surface area contributed by atoms with E-state index in [4.69, 9.17) is 9.84 Å². The summed E-state index contributed by atoms with van der Waals surface area (Å²) in [7, 11) is 0. The first kappa shape index (κ1) is 21.9. The number of aliphatic carboxylic acids is 1. The smallest absolute Gasteiger partial charge is 0.303 e. The normalized spacial score (nSPS) is 13.0. The number of fused-ring (bicyclic) bond motifs is 1. The Labute approximate surface area is 188 Å².